The summed E-state index contributed by atoms with van der Waals surface area (Å²) in [4.78, 5) is 10.8. The van der Waals surface area contributed by atoms with Crippen LogP contribution >= 0.6 is 0 Å². The molecule has 4 nitrogen and oxygen atoms in total. The molecule has 1 saturated heterocycles. The van der Waals surface area contributed by atoms with E-state index in [0.717, 1.165) is 0 Å². The molecule has 0 saturated carbocycles. The molecule has 2 aliphatic heterocycles. The molecule has 0 aromatic carbocycles. The van der Waals surface area contributed by atoms with E-state index in [9.17, 15) is 4.79 Å². The number of carbonyl (C=O) groups is 1. The van der Waals surface area contributed by atoms with Crippen molar-refractivity contribution in [1.82, 2.24) is 0 Å². The summed E-state index contributed by atoms with van der Waals surface area (Å²) in [5.41, 5.74) is 10.8. The Morgan fingerprint density at radius 3 is 2.36 bits per heavy atom. The quantitative estimate of drug-likeness (QED) is 0.463. The highest BCUT2D eigenvalue weighted by molar-refractivity contribution is 5.79. The summed E-state index contributed by atoms with van der Waals surface area (Å²) in [5.74, 6) is -0.695. The minimum atomic E-state index is -0.366. The molecule has 11 heavy (non-hydrogen) atoms. The average molecular weight is 154 g/mol. The van der Waals surface area contributed by atoms with Gasteiger partial charge in [-0.15, -0.1) is 0 Å². The highest BCUT2D eigenvalue weighted by atomic mass is 16.5. The van der Waals surface area contributed by atoms with Crippen LogP contribution in [0.2, 0.25) is 0 Å². The van der Waals surface area contributed by atoms with Crippen molar-refractivity contribution < 1.29 is 9.53 Å². The second-order valence-corrected chi connectivity index (χ2v) is 2.96. The minimum Gasteiger partial charge on any atom is -0.369 e. The van der Waals surface area contributed by atoms with E-state index in [4.69, 9.17) is 16.2 Å². The van der Waals surface area contributed by atoms with Crippen LogP contribution in [-0.2, 0) is 9.53 Å². The summed E-state index contributed by atoms with van der Waals surface area (Å²) in [6.45, 7) is 0. The van der Waals surface area contributed by atoms with Crippen molar-refractivity contribution in [3.63, 3.8) is 0 Å². The fourth-order valence-corrected chi connectivity index (χ4v) is 1.69. The van der Waals surface area contributed by atoms with Gasteiger partial charge in [0.25, 0.3) is 0 Å². The van der Waals surface area contributed by atoms with Gasteiger partial charge in [0.15, 0.2) is 0 Å². The van der Waals surface area contributed by atoms with Gasteiger partial charge in [-0.3, -0.25) is 4.79 Å². The maximum Gasteiger partial charge on any atom is 0.225 e. The minimum absolute atomic E-state index is 0.0995. The lowest BCUT2D eigenvalue weighted by atomic mass is 9.89. The van der Waals surface area contributed by atoms with E-state index in [1.807, 2.05) is 12.2 Å². The smallest absolute Gasteiger partial charge is 0.225 e. The van der Waals surface area contributed by atoms with Crippen LogP contribution in [0.5, 0.6) is 0 Å². The summed E-state index contributed by atoms with van der Waals surface area (Å²) in [5, 5.41) is 0. The van der Waals surface area contributed by atoms with Crippen LogP contribution in [0.1, 0.15) is 0 Å². The average Bonchev–Trinajstić information content (AvgIpc) is 2.44. The van der Waals surface area contributed by atoms with Gasteiger partial charge in [0.2, 0.25) is 5.91 Å². The van der Waals surface area contributed by atoms with E-state index in [0.29, 0.717) is 0 Å². The first-order valence-electron chi connectivity index (χ1n) is 3.59. The molecular formula is C7H10N2O2. The van der Waals surface area contributed by atoms with Crippen LogP contribution in [0.3, 0.4) is 0 Å². The summed E-state index contributed by atoms with van der Waals surface area (Å²) < 4.78 is 5.32. The van der Waals surface area contributed by atoms with Crippen molar-refractivity contribution >= 4 is 5.91 Å². The first-order chi connectivity index (χ1) is 5.20. The van der Waals surface area contributed by atoms with Crippen LogP contribution in [0.15, 0.2) is 12.2 Å². The van der Waals surface area contributed by atoms with E-state index in [2.05, 4.69) is 0 Å². The van der Waals surface area contributed by atoms with Gasteiger partial charge in [-0.2, -0.15) is 0 Å². The number of primary amides is 1. The molecule has 2 bridgehead atoms. The SMILES string of the molecule is NC(=O)C1C2C=CC(O2)C1N. The van der Waals surface area contributed by atoms with Crippen LogP contribution in [0, 0.1) is 5.92 Å². The standard InChI is InChI=1S/C7H10N2O2/c8-6-4-2-1-3(11-4)5(6)7(9)10/h1-6H,8H2,(H2,9,10). The molecule has 4 atom stereocenters. The molecule has 2 aliphatic rings. The van der Waals surface area contributed by atoms with Crippen molar-refractivity contribution in [2.45, 2.75) is 18.2 Å². The van der Waals surface area contributed by atoms with Crippen LogP contribution in [0.4, 0.5) is 0 Å². The van der Waals surface area contributed by atoms with Gasteiger partial charge in [-0.05, 0) is 0 Å². The Kier molecular flexibility index (Phi) is 1.27. The lowest BCUT2D eigenvalue weighted by Gasteiger charge is -2.17. The Labute approximate surface area is 64.2 Å². The lowest BCUT2D eigenvalue weighted by molar-refractivity contribution is -0.122. The Hall–Kier alpha value is -0.870. The Balaban J connectivity index is 2.25. The first-order valence-corrected chi connectivity index (χ1v) is 3.59. The summed E-state index contributed by atoms with van der Waals surface area (Å²) >= 11 is 0. The molecule has 0 radical (unpaired) electrons. The van der Waals surface area contributed by atoms with Gasteiger partial charge in [-0.1, -0.05) is 12.2 Å². The lowest BCUT2D eigenvalue weighted by Crippen LogP contribution is -2.44. The third-order valence-corrected chi connectivity index (χ3v) is 2.28. The molecule has 1 amide bonds. The normalized spacial score (nSPS) is 46.6. The van der Waals surface area contributed by atoms with Gasteiger partial charge in [-0.25, -0.2) is 0 Å². The third-order valence-electron chi connectivity index (χ3n) is 2.28. The number of carbonyl (C=O) groups excluding carboxylic acids is 1. The van der Waals surface area contributed by atoms with E-state index < -0.39 is 0 Å². The Bertz CT molecular complexity index is 226. The Morgan fingerprint density at radius 2 is 2.00 bits per heavy atom. The number of nitrogens with two attached hydrogens (primary N) is 2. The number of fused-ring (bicyclic) bond motifs is 2. The Morgan fingerprint density at radius 1 is 1.36 bits per heavy atom. The van der Waals surface area contributed by atoms with E-state index in [1.54, 1.807) is 0 Å². The van der Waals surface area contributed by atoms with E-state index in [-0.39, 0.29) is 30.1 Å². The van der Waals surface area contributed by atoms with Crippen molar-refractivity contribution in [2.24, 2.45) is 17.4 Å². The molecule has 2 rings (SSSR count). The fraction of sp³-hybridized carbons (Fsp3) is 0.571. The van der Waals surface area contributed by atoms with Gasteiger partial charge in [0.1, 0.15) is 0 Å². The van der Waals surface area contributed by atoms with Gasteiger partial charge in [0, 0.05) is 6.04 Å². The zero-order valence-corrected chi connectivity index (χ0v) is 5.94. The predicted octanol–water partition coefficient (Wildman–Crippen LogP) is -1.25. The first kappa shape index (κ1) is 6.82. The fourth-order valence-electron chi connectivity index (χ4n) is 1.69. The second-order valence-electron chi connectivity index (χ2n) is 2.96. The molecule has 60 valence electrons. The highest BCUT2D eigenvalue weighted by Gasteiger charge is 2.46. The summed E-state index contributed by atoms with van der Waals surface area (Å²) in [7, 11) is 0. The molecular weight excluding hydrogens is 144 g/mol. The highest BCUT2D eigenvalue weighted by Crippen LogP contribution is 2.32. The number of hydrogen-bond acceptors (Lipinski definition) is 3. The summed E-state index contributed by atoms with van der Waals surface area (Å²) in [6.07, 6.45) is 3.46. The van der Waals surface area contributed by atoms with Gasteiger partial charge < -0.3 is 16.2 Å². The monoisotopic (exact) mass is 154 g/mol. The molecule has 0 aromatic rings. The van der Waals surface area contributed by atoms with Crippen LogP contribution < -0.4 is 11.5 Å². The van der Waals surface area contributed by atoms with Crippen molar-refractivity contribution in [3.8, 4) is 0 Å². The maximum atomic E-state index is 10.8. The topological polar surface area (TPSA) is 78.3 Å². The molecule has 4 heteroatoms. The molecule has 0 aromatic heterocycles. The zero-order valence-electron chi connectivity index (χ0n) is 5.94. The van der Waals surface area contributed by atoms with Gasteiger partial charge >= 0.3 is 0 Å². The second kappa shape index (κ2) is 2.06. The van der Waals surface area contributed by atoms with Crippen LogP contribution in [-0.4, -0.2) is 24.2 Å². The molecule has 2 heterocycles. The third kappa shape index (κ3) is 0.797. The largest absolute Gasteiger partial charge is 0.369 e. The van der Waals surface area contributed by atoms with E-state index >= 15 is 0 Å². The molecule has 1 fully saturated rings. The van der Waals surface area contributed by atoms with E-state index in [1.165, 1.54) is 0 Å². The molecule has 0 aliphatic carbocycles. The number of ether oxygens (including phenoxy) is 1. The predicted molar refractivity (Wildman–Crippen MR) is 38.5 cm³/mol. The number of rotatable bonds is 1. The maximum absolute atomic E-state index is 10.8. The van der Waals surface area contributed by atoms with Crippen molar-refractivity contribution in [3.05, 3.63) is 12.2 Å². The van der Waals surface area contributed by atoms with Gasteiger partial charge in [0.05, 0.1) is 18.1 Å². The zero-order chi connectivity index (χ0) is 8.01. The van der Waals surface area contributed by atoms with Crippen molar-refractivity contribution in [1.29, 1.82) is 0 Å². The molecule has 4 N–H and O–H groups in total. The number of amides is 1. The van der Waals surface area contributed by atoms with Crippen LogP contribution in [0.25, 0.3) is 0 Å². The molecule has 0 spiro atoms. The molecule has 4 unspecified atom stereocenters. The van der Waals surface area contributed by atoms with Crippen molar-refractivity contribution in [2.75, 3.05) is 0 Å². The summed E-state index contributed by atoms with van der Waals surface area (Å²) in [6, 6.07) is -0.248. The number of hydrogen-bond donors (Lipinski definition) is 2.